The Hall–Kier alpha value is -2.51. The summed E-state index contributed by atoms with van der Waals surface area (Å²) in [4.78, 5) is 21.1. The van der Waals surface area contributed by atoms with Crippen molar-refractivity contribution in [3.05, 3.63) is 28.3 Å². The standard InChI is InChI=1S/C14H18N2O6/c1-20-12-7-2-9(16(18)19)8-13(12)21-10-3-5-11(6-4-10)22-14(15)17/h2,7-8,10-11H,3-6H2,1H3,(H2,15,17). The number of non-ortho nitro benzene ring substituents is 1. The Kier molecular flexibility index (Phi) is 5.03. The van der Waals surface area contributed by atoms with E-state index in [1.165, 1.54) is 25.3 Å². The van der Waals surface area contributed by atoms with Crippen molar-refractivity contribution < 1.29 is 23.9 Å². The van der Waals surface area contributed by atoms with Crippen LogP contribution in [0.4, 0.5) is 10.5 Å². The van der Waals surface area contributed by atoms with E-state index in [-0.39, 0.29) is 17.9 Å². The van der Waals surface area contributed by atoms with Gasteiger partial charge in [0.25, 0.3) is 5.69 Å². The lowest BCUT2D eigenvalue weighted by atomic mass is 9.95. The van der Waals surface area contributed by atoms with Crippen LogP contribution < -0.4 is 15.2 Å². The van der Waals surface area contributed by atoms with Gasteiger partial charge in [0.05, 0.1) is 24.2 Å². The highest BCUT2D eigenvalue weighted by Gasteiger charge is 2.25. The Morgan fingerprint density at radius 3 is 2.41 bits per heavy atom. The Bertz CT molecular complexity index is 554. The molecular weight excluding hydrogens is 292 g/mol. The van der Waals surface area contributed by atoms with Gasteiger partial charge in [0.1, 0.15) is 6.10 Å². The smallest absolute Gasteiger partial charge is 0.404 e. The Morgan fingerprint density at radius 1 is 1.23 bits per heavy atom. The molecule has 0 aromatic heterocycles. The van der Waals surface area contributed by atoms with Crippen LogP contribution in [0.2, 0.25) is 0 Å². The SMILES string of the molecule is COc1ccc([N+](=O)[O-])cc1OC1CCC(OC(N)=O)CC1. The Balaban J connectivity index is 2.00. The summed E-state index contributed by atoms with van der Waals surface area (Å²) in [6.45, 7) is 0. The molecule has 0 unspecified atom stereocenters. The summed E-state index contributed by atoms with van der Waals surface area (Å²) in [7, 11) is 1.48. The van der Waals surface area contributed by atoms with Crippen molar-refractivity contribution in [1.82, 2.24) is 0 Å². The van der Waals surface area contributed by atoms with Crippen LogP contribution in [0.15, 0.2) is 18.2 Å². The maximum Gasteiger partial charge on any atom is 0.404 e. The van der Waals surface area contributed by atoms with Crippen LogP contribution in [0.25, 0.3) is 0 Å². The molecule has 0 aliphatic heterocycles. The number of hydrogen-bond acceptors (Lipinski definition) is 6. The van der Waals surface area contributed by atoms with Gasteiger partial charge >= 0.3 is 6.09 Å². The van der Waals surface area contributed by atoms with Crippen molar-refractivity contribution in [2.75, 3.05) is 7.11 Å². The topological polar surface area (TPSA) is 114 Å². The number of nitrogens with zero attached hydrogens (tertiary/aromatic N) is 1. The average Bonchev–Trinajstić information content (AvgIpc) is 2.48. The van der Waals surface area contributed by atoms with E-state index in [9.17, 15) is 14.9 Å². The summed E-state index contributed by atoms with van der Waals surface area (Å²) < 4.78 is 15.9. The molecule has 0 saturated heterocycles. The van der Waals surface area contributed by atoms with Crippen LogP contribution in [0.3, 0.4) is 0 Å². The molecule has 2 N–H and O–H groups in total. The van der Waals surface area contributed by atoms with E-state index < -0.39 is 11.0 Å². The van der Waals surface area contributed by atoms with E-state index in [1.54, 1.807) is 0 Å². The quantitative estimate of drug-likeness (QED) is 0.659. The van der Waals surface area contributed by atoms with Gasteiger partial charge < -0.3 is 19.9 Å². The van der Waals surface area contributed by atoms with Crippen LogP contribution in [-0.4, -0.2) is 30.3 Å². The highest BCUT2D eigenvalue weighted by atomic mass is 16.6. The normalized spacial score (nSPS) is 21.0. The number of amides is 1. The molecule has 8 nitrogen and oxygen atoms in total. The number of primary amides is 1. The molecule has 8 heteroatoms. The molecule has 0 atom stereocenters. The van der Waals surface area contributed by atoms with Gasteiger partial charge in [-0.25, -0.2) is 4.79 Å². The first-order valence-corrected chi connectivity index (χ1v) is 6.94. The molecule has 1 aliphatic rings. The van der Waals surface area contributed by atoms with Crippen molar-refractivity contribution in [2.24, 2.45) is 5.73 Å². The van der Waals surface area contributed by atoms with Gasteiger partial charge in [0.2, 0.25) is 0 Å². The van der Waals surface area contributed by atoms with Gasteiger partial charge in [-0.1, -0.05) is 0 Å². The zero-order chi connectivity index (χ0) is 16.1. The molecule has 2 rings (SSSR count). The van der Waals surface area contributed by atoms with Crippen LogP contribution in [-0.2, 0) is 4.74 Å². The van der Waals surface area contributed by atoms with Crippen molar-refractivity contribution in [1.29, 1.82) is 0 Å². The minimum absolute atomic E-state index is 0.0541. The van der Waals surface area contributed by atoms with Crippen LogP contribution >= 0.6 is 0 Å². The maximum atomic E-state index is 10.8. The third-order valence-corrected chi connectivity index (χ3v) is 3.56. The number of benzene rings is 1. The largest absolute Gasteiger partial charge is 0.493 e. The van der Waals surface area contributed by atoms with Gasteiger partial charge in [-0.05, 0) is 31.7 Å². The number of nitro benzene ring substituents is 1. The lowest BCUT2D eigenvalue weighted by molar-refractivity contribution is -0.385. The van der Waals surface area contributed by atoms with E-state index in [4.69, 9.17) is 19.9 Å². The fraction of sp³-hybridized carbons (Fsp3) is 0.500. The predicted octanol–water partition coefficient (Wildman–Crippen LogP) is 2.39. The lowest BCUT2D eigenvalue weighted by Crippen LogP contribution is -2.31. The van der Waals surface area contributed by atoms with E-state index >= 15 is 0 Å². The molecule has 0 heterocycles. The number of hydrogen-bond donors (Lipinski definition) is 1. The van der Waals surface area contributed by atoms with Crippen molar-refractivity contribution in [3.8, 4) is 11.5 Å². The van der Waals surface area contributed by atoms with Gasteiger partial charge in [-0.2, -0.15) is 0 Å². The van der Waals surface area contributed by atoms with Crippen molar-refractivity contribution in [3.63, 3.8) is 0 Å². The number of carbonyl (C=O) groups is 1. The molecule has 1 aromatic rings. The van der Waals surface area contributed by atoms with Gasteiger partial charge in [-0.3, -0.25) is 10.1 Å². The Labute approximate surface area is 127 Å². The van der Waals surface area contributed by atoms with Crippen LogP contribution in [0.1, 0.15) is 25.7 Å². The molecular formula is C14H18N2O6. The van der Waals surface area contributed by atoms with Gasteiger partial charge in [-0.15, -0.1) is 0 Å². The minimum atomic E-state index is -0.773. The first kappa shape index (κ1) is 15.9. The maximum absolute atomic E-state index is 10.8. The molecule has 0 spiro atoms. The van der Waals surface area contributed by atoms with Gasteiger partial charge in [0, 0.05) is 6.07 Å². The number of nitro groups is 1. The van der Waals surface area contributed by atoms with Crippen LogP contribution in [0, 0.1) is 10.1 Å². The first-order chi connectivity index (χ1) is 10.5. The third-order valence-electron chi connectivity index (χ3n) is 3.56. The number of carbonyl (C=O) groups excluding carboxylic acids is 1. The number of ether oxygens (including phenoxy) is 3. The zero-order valence-electron chi connectivity index (χ0n) is 12.2. The molecule has 120 valence electrons. The third kappa shape index (κ3) is 4.00. The van der Waals surface area contributed by atoms with Gasteiger partial charge in [0.15, 0.2) is 11.5 Å². The van der Waals surface area contributed by atoms with E-state index in [2.05, 4.69) is 0 Å². The highest BCUT2D eigenvalue weighted by molar-refractivity contribution is 5.64. The average molecular weight is 310 g/mol. The molecule has 0 bridgehead atoms. The summed E-state index contributed by atoms with van der Waals surface area (Å²) >= 11 is 0. The molecule has 1 amide bonds. The molecule has 0 radical (unpaired) electrons. The number of rotatable bonds is 5. The van der Waals surface area contributed by atoms with Crippen molar-refractivity contribution >= 4 is 11.8 Å². The van der Waals surface area contributed by atoms with E-state index in [0.717, 1.165) is 0 Å². The molecule has 1 aliphatic carbocycles. The molecule has 22 heavy (non-hydrogen) atoms. The summed E-state index contributed by atoms with van der Waals surface area (Å²) in [5.41, 5.74) is 4.94. The minimum Gasteiger partial charge on any atom is -0.493 e. The fourth-order valence-corrected chi connectivity index (χ4v) is 2.48. The second kappa shape index (κ2) is 6.97. The van der Waals surface area contributed by atoms with E-state index in [1.807, 2.05) is 0 Å². The first-order valence-electron chi connectivity index (χ1n) is 6.94. The summed E-state index contributed by atoms with van der Waals surface area (Å²) in [5, 5.41) is 10.8. The Morgan fingerprint density at radius 2 is 1.86 bits per heavy atom. The number of nitrogens with two attached hydrogens (primary N) is 1. The zero-order valence-corrected chi connectivity index (χ0v) is 12.2. The molecule has 1 saturated carbocycles. The van der Waals surface area contributed by atoms with Crippen LogP contribution in [0.5, 0.6) is 11.5 Å². The summed E-state index contributed by atoms with van der Waals surface area (Å²) in [6, 6.07) is 4.23. The monoisotopic (exact) mass is 310 g/mol. The molecule has 1 aromatic carbocycles. The van der Waals surface area contributed by atoms with E-state index in [0.29, 0.717) is 37.2 Å². The fourth-order valence-electron chi connectivity index (χ4n) is 2.48. The molecule has 1 fully saturated rings. The highest BCUT2D eigenvalue weighted by Crippen LogP contribution is 2.34. The van der Waals surface area contributed by atoms with Crippen molar-refractivity contribution in [2.45, 2.75) is 37.9 Å². The summed E-state index contributed by atoms with van der Waals surface area (Å²) in [6.07, 6.45) is 1.56. The second-order valence-electron chi connectivity index (χ2n) is 5.05. The lowest BCUT2D eigenvalue weighted by Gasteiger charge is -2.28. The predicted molar refractivity (Wildman–Crippen MR) is 77.0 cm³/mol. The summed E-state index contributed by atoms with van der Waals surface area (Å²) in [5.74, 6) is 0.789. The number of methoxy groups -OCH3 is 1. The second-order valence-corrected chi connectivity index (χ2v) is 5.05.